The molecular weight excluding hydrogens is 641 g/mol. The molecule has 10 nitrogen and oxygen atoms in total. The Balaban J connectivity index is 1.40. The molecule has 49 heavy (non-hydrogen) atoms. The molecule has 260 valence electrons. The zero-order valence-electron chi connectivity index (χ0n) is 28.1. The van der Waals surface area contributed by atoms with Gasteiger partial charge in [-0.25, -0.2) is 9.78 Å². The van der Waals surface area contributed by atoms with Crippen molar-refractivity contribution < 1.29 is 29.0 Å². The van der Waals surface area contributed by atoms with Crippen LogP contribution in [-0.2, 0) is 32.0 Å². The topological polar surface area (TPSA) is 150 Å². The summed E-state index contributed by atoms with van der Waals surface area (Å²) in [5.74, 6) is -2.51. The van der Waals surface area contributed by atoms with Gasteiger partial charge >= 0.3 is 5.97 Å². The summed E-state index contributed by atoms with van der Waals surface area (Å²) in [5.41, 5.74) is 2.01. The van der Waals surface area contributed by atoms with Crippen molar-refractivity contribution >= 4 is 45.7 Å². The maximum Gasteiger partial charge on any atom is 0.337 e. The summed E-state index contributed by atoms with van der Waals surface area (Å²) in [6.45, 7) is 3.40. The van der Waals surface area contributed by atoms with Gasteiger partial charge in [-0.2, -0.15) is 11.3 Å². The normalized spacial score (nSPS) is 16.1. The summed E-state index contributed by atoms with van der Waals surface area (Å²) >= 11 is 1.41. The lowest BCUT2D eigenvalue weighted by molar-refractivity contribution is -0.159. The molecule has 4 atom stereocenters. The highest BCUT2D eigenvalue weighted by molar-refractivity contribution is 7.08. The zero-order valence-corrected chi connectivity index (χ0v) is 28.9. The van der Waals surface area contributed by atoms with Crippen molar-refractivity contribution in [3.63, 3.8) is 0 Å². The quantitative estimate of drug-likeness (QED) is 0.0892. The number of aromatic nitrogens is 2. The average Bonchev–Trinajstić information content (AvgIpc) is 3.83. The second-order valence-corrected chi connectivity index (χ2v) is 14.1. The summed E-state index contributed by atoms with van der Waals surface area (Å²) in [7, 11) is 0. The largest absolute Gasteiger partial charge is 0.461 e. The number of rotatable bonds is 16. The van der Waals surface area contributed by atoms with Crippen molar-refractivity contribution in [1.29, 1.82) is 0 Å². The SMILES string of the molecule is CC(C)OC(=O)C(O)[C@H](CC1CCCCC1)NC(=O)[C@H](Cc1c[nH]cn1)NC(=O)C(CC(=O)c1ccsc1)Cc1cccc2ccccc12. The molecule has 0 aliphatic heterocycles. The van der Waals surface area contributed by atoms with Crippen LogP contribution in [0, 0.1) is 11.8 Å². The number of imidazole rings is 1. The summed E-state index contributed by atoms with van der Waals surface area (Å²) in [4.78, 5) is 61.7. The number of esters is 1. The number of H-pyrrole nitrogens is 1. The van der Waals surface area contributed by atoms with E-state index in [2.05, 4.69) is 20.6 Å². The van der Waals surface area contributed by atoms with Crippen LogP contribution in [0.25, 0.3) is 10.8 Å². The molecule has 11 heteroatoms. The Morgan fingerprint density at radius 3 is 2.47 bits per heavy atom. The Kier molecular flexibility index (Phi) is 12.7. The molecule has 2 heterocycles. The zero-order chi connectivity index (χ0) is 34.8. The number of Topliss-reactive ketones (excluding diaryl/α,β-unsaturated/α-hetero) is 1. The maximum absolute atomic E-state index is 14.2. The number of nitrogens with zero attached hydrogens (tertiary/aromatic N) is 1. The third-order valence-electron chi connectivity index (χ3n) is 9.21. The number of ketones is 1. The number of fused-ring (bicyclic) bond motifs is 1. The number of aromatic amines is 1. The number of aliphatic hydroxyl groups excluding tert-OH is 1. The van der Waals surface area contributed by atoms with Gasteiger partial charge in [-0.15, -0.1) is 0 Å². The van der Waals surface area contributed by atoms with Gasteiger partial charge in [0.2, 0.25) is 11.8 Å². The molecule has 0 saturated heterocycles. The molecule has 1 aliphatic rings. The van der Waals surface area contributed by atoms with Crippen LogP contribution in [-0.4, -0.2) is 62.9 Å². The Hall–Kier alpha value is -4.35. The van der Waals surface area contributed by atoms with E-state index in [1.54, 1.807) is 31.5 Å². The van der Waals surface area contributed by atoms with E-state index in [4.69, 9.17) is 4.74 Å². The fraction of sp³-hybridized carbons (Fsp3) is 0.447. The minimum atomic E-state index is -1.57. The first kappa shape index (κ1) is 35.9. The predicted molar refractivity (Wildman–Crippen MR) is 189 cm³/mol. The molecule has 2 amide bonds. The molecule has 2 aromatic heterocycles. The highest BCUT2D eigenvalue weighted by Gasteiger charge is 2.35. The summed E-state index contributed by atoms with van der Waals surface area (Å²) < 4.78 is 5.30. The fourth-order valence-electron chi connectivity index (χ4n) is 6.67. The Labute approximate surface area is 291 Å². The molecule has 5 rings (SSSR count). The van der Waals surface area contributed by atoms with Crippen LogP contribution < -0.4 is 10.6 Å². The van der Waals surface area contributed by atoms with Crippen molar-refractivity contribution in [3.8, 4) is 0 Å². The fourth-order valence-corrected chi connectivity index (χ4v) is 7.33. The number of amides is 2. The van der Waals surface area contributed by atoms with Crippen molar-refractivity contribution in [1.82, 2.24) is 20.6 Å². The average molecular weight is 687 g/mol. The van der Waals surface area contributed by atoms with Crippen LogP contribution in [0.5, 0.6) is 0 Å². The lowest BCUT2D eigenvalue weighted by Gasteiger charge is -2.31. The number of hydrogen-bond donors (Lipinski definition) is 4. The molecule has 0 spiro atoms. The molecule has 0 radical (unpaired) electrons. The number of thiophene rings is 1. The van der Waals surface area contributed by atoms with Gasteiger partial charge in [-0.1, -0.05) is 74.6 Å². The molecule has 2 aromatic carbocycles. The predicted octanol–water partition coefficient (Wildman–Crippen LogP) is 5.55. The van der Waals surface area contributed by atoms with Gasteiger partial charge in [0.25, 0.3) is 0 Å². The first-order chi connectivity index (χ1) is 23.7. The van der Waals surface area contributed by atoms with Gasteiger partial charge in [0, 0.05) is 35.9 Å². The minimum Gasteiger partial charge on any atom is -0.461 e. The van der Waals surface area contributed by atoms with Crippen molar-refractivity contribution in [2.24, 2.45) is 11.8 Å². The van der Waals surface area contributed by atoms with Gasteiger partial charge < -0.3 is 25.5 Å². The standard InChI is InChI=1S/C38H46N4O6S/c1-24(2)48-38(47)35(44)32(17-25-9-4-3-5-10-25)41-37(46)33(20-30-21-39-23-40-30)42-36(45)29(19-34(43)28-15-16-49-22-28)18-27-13-8-12-26-11-6-7-14-31(26)27/h6-8,11-16,21-25,29,32-33,35,44H,3-5,9-10,17-20H2,1-2H3,(H,39,40)(H,41,46)(H,42,45)/t29?,32-,33-,35?/m0/s1. The Bertz CT molecular complexity index is 1680. The first-order valence-electron chi connectivity index (χ1n) is 17.2. The monoisotopic (exact) mass is 686 g/mol. The second-order valence-electron chi connectivity index (χ2n) is 13.3. The lowest BCUT2D eigenvalue weighted by Crippen LogP contribution is -2.56. The van der Waals surface area contributed by atoms with E-state index >= 15 is 0 Å². The van der Waals surface area contributed by atoms with E-state index in [1.165, 1.54) is 17.7 Å². The minimum absolute atomic E-state index is 0.0490. The Morgan fingerprint density at radius 2 is 1.76 bits per heavy atom. The van der Waals surface area contributed by atoms with Gasteiger partial charge in [-0.3, -0.25) is 14.4 Å². The molecule has 4 aromatic rings. The van der Waals surface area contributed by atoms with Crippen LogP contribution in [0.15, 0.2) is 71.8 Å². The van der Waals surface area contributed by atoms with Crippen LogP contribution >= 0.6 is 11.3 Å². The number of hydrogen-bond acceptors (Lipinski definition) is 8. The smallest absolute Gasteiger partial charge is 0.337 e. The highest BCUT2D eigenvalue weighted by Crippen LogP contribution is 2.29. The van der Waals surface area contributed by atoms with Crippen molar-refractivity contribution in [2.75, 3.05) is 0 Å². The molecular formula is C38H46N4O6S. The van der Waals surface area contributed by atoms with Gasteiger partial charge in [0.15, 0.2) is 11.9 Å². The van der Waals surface area contributed by atoms with Gasteiger partial charge in [0.05, 0.1) is 24.2 Å². The molecule has 4 N–H and O–H groups in total. The number of carbonyl (C=O) groups excluding carboxylic acids is 4. The van der Waals surface area contributed by atoms with Crippen molar-refractivity contribution in [3.05, 3.63) is 88.6 Å². The summed E-state index contributed by atoms with van der Waals surface area (Å²) in [5, 5.41) is 22.6. The molecule has 1 saturated carbocycles. The van der Waals surface area contributed by atoms with E-state index in [0.29, 0.717) is 17.7 Å². The Morgan fingerprint density at radius 1 is 0.980 bits per heavy atom. The third kappa shape index (κ3) is 10.1. The molecule has 1 fully saturated rings. The van der Waals surface area contributed by atoms with Crippen molar-refractivity contribution in [2.45, 2.75) is 95.9 Å². The number of ether oxygens (including phenoxy) is 1. The highest BCUT2D eigenvalue weighted by atomic mass is 32.1. The van der Waals surface area contributed by atoms with E-state index in [9.17, 15) is 24.3 Å². The lowest BCUT2D eigenvalue weighted by atomic mass is 9.83. The summed E-state index contributed by atoms with van der Waals surface area (Å²) in [6.07, 6.45) is 6.96. The van der Waals surface area contributed by atoms with Gasteiger partial charge in [0.1, 0.15) is 6.04 Å². The number of aliphatic hydroxyl groups is 1. The van der Waals surface area contributed by atoms with Crippen LogP contribution in [0.1, 0.15) is 80.4 Å². The number of nitrogens with one attached hydrogen (secondary N) is 3. The third-order valence-corrected chi connectivity index (χ3v) is 9.89. The maximum atomic E-state index is 14.2. The van der Waals surface area contributed by atoms with Gasteiger partial charge in [-0.05, 0) is 60.4 Å². The molecule has 1 aliphatic carbocycles. The molecule has 0 bridgehead atoms. The van der Waals surface area contributed by atoms with E-state index < -0.39 is 48.0 Å². The van der Waals surface area contributed by atoms with E-state index in [-0.39, 0.29) is 31.0 Å². The van der Waals surface area contributed by atoms with Crippen LogP contribution in [0.4, 0.5) is 0 Å². The summed E-state index contributed by atoms with van der Waals surface area (Å²) in [6, 6.07) is 13.5. The van der Waals surface area contributed by atoms with Crippen LogP contribution in [0.3, 0.4) is 0 Å². The number of carbonyl (C=O) groups is 4. The van der Waals surface area contributed by atoms with E-state index in [1.807, 2.05) is 47.8 Å². The van der Waals surface area contributed by atoms with Crippen LogP contribution in [0.2, 0.25) is 0 Å². The second kappa shape index (κ2) is 17.3. The molecule has 2 unspecified atom stereocenters. The van der Waals surface area contributed by atoms with E-state index in [0.717, 1.165) is 48.4 Å². The first-order valence-corrected chi connectivity index (χ1v) is 18.1. The number of benzene rings is 2.